The van der Waals surface area contributed by atoms with Gasteiger partial charge in [-0.15, -0.1) is 0 Å². The van der Waals surface area contributed by atoms with Crippen LogP contribution in [0.2, 0.25) is 0 Å². The highest BCUT2D eigenvalue weighted by molar-refractivity contribution is 9.10. The fourth-order valence-corrected chi connectivity index (χ4v) is 4.55. The molecule has 5 nitrogen and oxygen atoms in total. The molecule has 0 bridgehead atoms. The standard InChI is InChI=1S/C13H14BrN3O2S/c14-10-3-1-2-9(6-10)12-7-13(15)17(16-12)11-4-5-20(18,19)8-11/h1-3,6-7,11H,4-5,8,15H2. The monoisotopic (exact) mass is 355 g/mol. The number of nitrogens with zero attached hydrogens (tertiary/aromatic N) is 2. The third-order valence-electron chi connectivity index (χ3n) is 3.44. The Labute approximate surface area is 125 Å². The van der Waals surface area contributed by atoms with Crippen LogP contribution in [0.1, 0.15) is 12.5 Å². The maximum absolute atomic E-state index is 11.6. The molecule has 2 heterocycles. The number of nitrogens with two attached hydrogens (primary N) is 1. The van der Waals surface area contributed by atoms with Crippen molar-refractivity contribution >= 4 is 31.6 Å². The number of hydrogen-bond donors (Lipinski definition) is 1. The number of benzene rings is 1. The maximum Gasteiger partial charge on any atom is 0.152 e. The van der Waals surface area contributed by atoms with E-state index in [-0.39, 0.29) is 17.5 Å². The first kappa shape index (κ1) is 13.6. The van der Waals surface area contributed by atoms with Gasteiger partial charge in [0.15, 0.2) is 9.84 Å². The van der Waals surface area contributed by atoms with E-state index in [4.69, 9.17) is 5.73 Å². The Morgan fingerprint density at radius 3 is 2.80 bits per heavy atom. The summed E-state index contributed by atoms with van der Waals surface area (Å²) in [5.41, 5.74) is 7.69. The Kier molecular flexibility index (Phi) is 3.33. The van der Waals surface area contributed by atoms with Crippen LogP contribution in [-0.4, -0.2) is 29.7 Å². The van der Waals surface area contributed by atoms with Crippen LogP contribution in [0.25, 0.3) is 11.3 Å². The average molecular weight is 356 g/mol. The van der Waals surface area contributed by atoms with E-state index in [0.29, 0.717) is 12.2 Å². The maximum atomic E-state index is 11.6. The van der Waals surface area contributed by atoms with Crippen LogP contribution in [0, 0.1) is 0 Å². The molecule has 1 unspecified atom stereocenters. The predicted octanol–water partition coefficient (Wildman–Crippen LogP) is 2.25. The summed E-state index contributed by atoms with van der Waals surface area (Å²) in [5, 5.41) is 4.48. The van der Waals surface area contributed by atoms with Gasteiger partial charge in [0.05, 0.1) is 23.2 Å². The Morgan fingerprint density at radius 1 is 1.35 bits per heavy atom. The van der Waals surface area contributed by atoms with Gasteiger partial charge in [0, 0.05) is 16.1 Å². The summed E-state index contributed by atoms with van der Waals surface area (Å²) in [6.07, 6.45) is 0.576. The van der Waals surface area contributed by atoms with Crippen molar-refractivity contribution in [1.82, 2.24) is 9.78 Å². The van der Waals surface area contributed by atoms with Crippen molar-refractivity contribution in [2.75, 3.05) is 17.2 Å². The number of sulfone groups is 1. The van der Waals surface area contributed by atoms with Gasteiger partial charge < -0.3 is 5.73 Å². The van der Waals surface area contributed by atoms with Crippen LogP contribution in [0.5, 0.6) is 0 Å². The molecule has 7 heteroatoms. The number of halogens is 1. The van der Waals surface area contributed by atoms with E-state index in [1.165, 1.54) is 0 Å². The first-order chi connectivity index (χ1) is 9.44. The van der Waals surface area contributed by atoms with E-state index in [0.717, 1.165) is 15.7 Å². The van der Waals surface area contributed by atoms with Gasteiger partial charge >= 0.3 is 0 Å². The molecule has 0 spiro atoms. The smallest absolute Gasteiger partial charge is 0.152 e. The zero-order chi connectivity index (χ0) is 14.3. The molecule has 1 saturated heterocycles. The molecule has 1 fully saturated rings. The van der Waals surface area contributed by atoms with Gasteiger partial charge in [-0.2, -0.15) is 5.10 Å². The Morgan fingerprint density at radius 2 is 2.15 bits per heavy atom. The number of hydrogen-bond acceptors (Lipinski definition) is 4. The van der Waals surface area contributed by atoms with Crippen molar-refractivity contribution in [1.29, 1.82) is 0 Å². The summed E-state index contributed by atoms with van der Waals surface area (Å²) < 4.78 is 25.7. The van der Waals surface area contributed by atoms with Crippen molar-refractivity contribution in [3.05, 3.63) is 34.8 Å². The van der Waals surface area contributed by atoms with Crippen LogP contribution in [-0.2, 0) is 9.84 Å². The van der Waals surface area contributed by atoms with Gasteiger partial charge in [0.2, 0.25) is 0 Å². The van der Waals surface area contributed by atoms with Crippen molar-refractivity contribution in [3.8, 4) is 11.3 Å². The van der Waals surface area contributed by atoms with E-state index in [1.807, 2.05) is 24.3 Å². The molecular weight excluding hydrogens is 342 g/mol. The molecule has 0 amide bonds. The van der Waals surface area contributed by atoms with E-state index >= 15 is 0 Å². The van der Waals surface area contributed by atoms with Gasteiger partial charge in [0.1, 0.15) is 5.82 Å². The summed E-state index contributed by atoms with van der Waals surface area (Å²) in [6.45, 7) is 0. The first-order valence-electron chi connectivity index (χ1n) is 6.26. The largest absolute Gasteiger partial charge is 0.384 e. The van der Waals surface area contributed by atoms with Gasteiger partial charge in [-0.3, -0.25) is 0 Å². The molecule has 0 radical (unpaired) electrons. The topological polar surface area (TPSA) is 78.0 Å². The molecule has 1 aromatic carbocycles. The van der Waals surface area contributed by atoms with Gasteiger partial charge in [-0.05, 0) is 18.6 Å². The lowest BCUT2D eigenvalue weighted by Gasteiger charge is -2.09. The van der Waals surface area contributed by atoms with Crippen LogP contribution in [0.3, 0.4) is 0 Å². The Bertz CT molecular complexity index is 755. The summed E-state index contributed by atoms with van der Waals surface area (Å²) in [7, 11) is -2.95. The SMILES string of the molecule is Nc1cc(-c2cccc(Br)c2)nn1C1CCS(=O)(=O)C1. The second-order valence-corrected chi connectivity index (χ2v) is 8.11. The molecule has 0 saturated carbocycles. The highest BCUT2D eigenvalue weighted by atomic mass is 79.9. The second kappa shape index (κ2) is 4.89. The summed E-state index contributed by atoms with van der Waals surface area (Å²) >= 11 is 3.42. The van der Waals surface area contributed by atoms with Crippen LogP contribution >= 0.6 is 15.9 Å². The molecular formula is C13H14BrN3O2S. The number of rotatable bonds is 2. The zero-order valence-corrected chi connectivity index (χ0v) is 13.1. The normalized spacial score (nSPS) is 21.1. The minimum absolute atomic E-state index is 0.122. The molecule has 2 aromatic rings. The van der Waals surface area contributed by atoms with E-state index in [1.54, 1.807) is 10.7 Å². The molecule has 106 valence electrons. The minimum Gasteiger partial charge on any atom is -0.384 e. The quantitative estimate of drug-likeness (QED) is 0.895. The van der Waals surface area contributed by atoms with Crippen molar-refractivity contribution in [2.24, 2.45) is 0 Å². The van der Waals surface area contributed by atoms with E-state index in [2.05, 4.69) is 21.0 Å². The second-order valence-electron chi connectivity index (χ2n) is 4.97. The third-order valence-corrected chi connectivity index (χ3v) is 5.68. The van der Waals surface area contributed by atoms with Crippen molar-refractivity contribution in [3.63, 3.8) is 0 Å². The van der Waals surface area contributed by atoms with Gasteiger partial charge in [-0.1, -0.05) is 28.1 Å². The van der Waals surface area contributed by atoms with Crippen LogP contribution < -0.4 is 5.73 Å². The molecule has 1 aliphatic rings. The minimum atomic E-state index is -2.95. The molecule has 20 heavy (non-hydrogen) atoms. The lowest BCUT2D eigenvalue weighted by Crippen LogP contribution is -2.14. The zero-order valence-electron chi connectivity index (χ0n) is 10.7. The summed E-state index contributed by atoms with van der Waals surface area (Å²) in [4.78, 5) is 0. The van der Waals surface area contributed by atoms with Crippen molar-refractivity contribution < 1.29 is 8.42 Å². The van der Waals surface area contributed by atoms with E-state index in [9.17, 15) is 8.42 Å². The molecule has 1 atom stereocenters. The number of aromatic nitrogens is 2. The lowest BCUT2D eigenvalue weighted by atomic mass is 10.2. The fourth-order valence-electron chi connectivity index (χ4n) is 2.46. The highest BCUT2D eigenvalue weighted by Gasteiger charge is 2.31. The van der Waals surface area contributed by atoms with Crippen LogP contribution in [0.4, 0.5) is 5.82 Å². The molecule has 1 aliphatic heterocycles. The molecule has 0 aliphatic carbocycles. The lowest BCUT2D eigenvalue weighted by molar-refractivity contribution is 0.508. The Balaban J connectivity index is 1.96. The summed E-state index contributed by atoms with van der Waals surface area (Å²) in [5.74, 6) is 0.835. The number of nitrogen functional groups attached to an aromatic ring is 1. The number of anilines is 1. The third kappa shape index (κ3) is 2.60. The average Bonchev–Trinajstić information content (AvgIpc) is 2.92. The van der Waals surface area contributed by atoms with Gasteiger partial charge in [0.25, 0.3) is 0 Å². The highest BCUT2D eigenvalue weighted by Crippen LogP contribution is 2.29. The predicted molar refractivity (Wildman–Crippen MR) is 82.1 cm³/mol. The molecule has 2 N–H and O–H groups in total. The van der Waals surface area contributed by atoms with E-state index < -0.39 is 9.84 Å². The first-order valence-corrected chi connectivity index (χ1v) is 8.87. The van der Waals surface area contributed by atoms with Crippen LogP contribution in [0.15, 0.2) is 34.8 Å². The molecule has 3 rings (SSSR count). The summed E-state index contributed by atoms with van der Waals surface area (Å²) in [6, 6.07) is 9.40. The van der Waals surface area contributed by atoms with Gasteiger partial charge in [-0.25, -0.2) is 13.1 Å². The van der Waals surface area contributed by atoms with Crippen molar-refractivity contribution in [2.45, 2.75) is 12.5 Å². The fraction of sp³-hybridized carbons (Fsp3) is 0.308. The Hall–Kier alpha value is -1.34. The molecule has 1 aromatic heterocycles.